The smallest absolute Gasteiger partial charge is 0.251 e. The van der Waals surface area contributed by atoms with Crippen molar-refractivity contribution in [3.8, 4) is 11.5 Å². The number of aromatic nitrogens is 2. The number of amides is 1. The predicted molar refractivity (Wildman–Crippen MR) is 101 cm³/mol. The highest BCUT2D eigenvalue weighted by atomic mass is 19.1. The second-order valence-electron chi connectivity index (χ2n) is 7.31. The largest absolute Gasteiger partial charge is 0.421 e. The number of carbonyl (C=O) groups is 1. The van der Waals surface area contributed by atoms with Gasteiger partial charge in [-0.1, -0.05) is 45.0 Å². The maximum Gasteiger partial charge on any atom is 0.251 e. The first-order valence-electron chi connectivity index (χ1n) is 8.80. The van der Waals surface area contributed by atoms with Gasteiger partial charge in [-0.3, -0.25) is 4.79 Å². The molecule has 0 atom stereocenters. The molecule has 5 nitrogen and oxygen atoms in total. The predicted octanol–water partition coefficient (Wildman–Crippen LogP) is 4.15. The first-order valence-corrected chi connectivity index (χ1v) is 8.80. The molecular weight excluding hydrogens is 345 g/mol. The summed E-state index contributed by atoms with van der Waals surface area (Å²) in [5, 5.41) is 10.6. The summed E-state index contributed by atoms with van der Waals surface area (Å²) in [5.41, 5.74) is 2.08. The SMILES string of the molecule is CC(C)(C)c1ccc(C(=O)NCCc2nnc(-c3ccccc3F)o2)cc1. The average molecular weight is 367 g/mol. The van der Waals surface area contributed by atoms with Crippen molar-refractivity contribution in [2.24, 2.45) is 0 Å². The van der Waals surface area contributed by atoms with Gasteiger partial charge in [-0.15, -0.1) is 10.2 Å². The Bertz CT molecular complexity index is 927. The maximum absolute atomic E-state index is 13.7. The van der Waals surface area contributed by atoms with Crippen LogP contribution in [-0.2, 0) is 11.8 Å². The third-order valence-electron chi connectivity index (χ3n) is 4.21. The van der Waals surface area contributed by atoms with Gasteiger partial charge < -0.3 is 9.73 Å². The summed E-state index contributed by atoms with van der Waals surface area (Å²) in [5.74, 6) is -0.104. The number of nitrogens with zero attached hydrogens (tertiary/aromatic N) is 2. The van der Waals surface area contributed by atoms with Crippen molar-refractivity contribution >= 4 is 5.91 Å². The standard InChI is InChI=1S/C21H22FN3O2/c1-21(2,3)15-10-8-14(9-11-15)19(26)23-13-12-18-24-25-20(27-18)16-6-4-5-7-17(16)22/h4-11H,12-13H2,1-3H3,(H,23,26). The average Bonchev–Trinajstić information content (AvgIpc) is 3.10. The summed E-state index contributed by atoms with van der Waals surface area (Å²) in [4.78, 5) is 12.2. The molecule has 0 aliphatic carbocycles. The Morgan fingerprint density at radius 2 is 1.78 bits per heavy atom. The van der Waals surface area contributed by atoms with Gasteiger partial charge >= 0.3 is 0 Å². The number of rotatable bonds is 5. The zero-order chi connectivity index (χ0) is 19.4. The van der Waals surface area contributed by atoms with Crippen LogP contribution in [0.3, 0.4) is 0 Å². The molecule has 0 unspecified atom stereocenters. The van der Waals surface area contributed by atoms with Crippen molar-refractivity contribution in [1.82, 2.24) is 15.5 Å². The molecule has 27 heavy (non-hydrogen) atoms. The van der Waals surface area contributed by atoms with Crippen molar-refractivity contribution in [3.05, 3.63) is 71.4 Å². The molecule has 1 amide bonds. The lowest BCUT2D eigenvalue weighted by Gasteiger charge is -2.19. The molecule has 0 spiro atoms. The van der Waals surface area contributed by atoms with E-state index in [2.05, 4.69) is 36.3 Å². The Morgan fingerprint density at radius 3 is 2.44 bits per heavy atom. The molecule has 1 N–H and O–H groups in total. The number of carbonyl (C=O) groups excluding carboxylic acids is 1. The summed E-state index contributed by atoms with van der Waals surface area (Å²) < 4.78 is 19.2. The second-order valence-corrected chi connectivity index (χ2v) is 7.31. The minimum absolute atomic E-state index is 0.0445. The quantitative estimate of drug-likeness (QED) is 0.736. The number of nitrogens with one attached hydrogen (secondary N) is 1. The topological polar surface area (TPSA) is 68.0 Å². The van der Waals surface area contributed by atoms with E-state index in [0.717, 1.165) is 0 Å². The van der Waals surface area contributed by atoms with Crippen LogP contribution in [0.15, 0.2) is 52.9 Å². The fraction of sp³-hybridized carbons (Fsp3) is 0.286. The first-order chi connectivity index (χ1) is 12.8. The normalized spacial score (nSPS) is 11.4. The summed E-state index contributed by atoms with van der Waals surface area (Å²) in [6, 6.07) is 13.8. The molecule has 140 valence electrons. The molecule has 6 heteroatoms. The van der Waals surface area contributed by atoms with Crippen molar-refractivity contribution in [1.29, 1.82) is 0 Å². The third kappa shape index (κ3) is 4.58. The van der Waals surface area contributed by atoms with Crippen LogP contribution >= 0.6 is 0 Å². The van der Waals surface area contributed by atoms with Crippen molar-refractivity contribution in [3.63, 3.8) is 0 Å². The molecule has 0 bridgehead atoms. The van der Waals surface area contributed by atoms with E-state index in [4.69, 9.17) is 4.42 Å². The Morgan fingerprint density at radius 1 is 1.07 bits per heavy atom. The number of halogens is 1. The van der Waals surface area contributed by atoms with Gasteiger partial charge in [0.15, 0.2) is 0 Å². The molecule has 0 aliphatic heterocycles. The molecule has 0 saturated carbocycles. The van der Waals surface area contributed by atoms with Crippen molar-refractivity contribution in [2.75, 3.05) is 6.54 Å². The van der Waals surface area contributed by atoms with Gasteiger partial charge in [-0.05, 0) is 35.2 Å². The Balaban J connectivity index is 1.56. The summed E-state index contributed by atoms with van der Waals surface area (Å²) >= 11 is 0. The highest BCUT2D eigenvalue weighted by molar-refractivity contribution is 5.94. The van der Waals surface area contributed by atoms with Crippen LogP contribution in [0.1, 0.15) is 42.6 Å². The van der Waals surface area contributed by atoms with Crippen LogP contribution in [0.4, 0.5) is 4.39 Å². The van der Waals surface area contributed by atoms with Crippen LogP contribution in [-0.4, -0.2) is 22.6 Å². The zero-order valence-electron chi connectivity index (χ0n) is 15.6. The van der Waals surface area contributed by atoms with E-state index in [1.54, 1.807) is 18.2 Å². The van der Waals surface area contributed by atoms with Gasteiger partial charge in [0.2, 0.25) is 5.89 Å². The Hall–Kier alpha value is -3.02. The lowest BCUT2D eigenvalue weighted by molar-refractivity contribution is 0.0953. The zero-order valence-corrected chi connectivity index (χ0v) is 15.6. The molecule has 3 aromatic rings. The minimum Gasteiger partial charge on any atom is -0.421 e. The molecule has 2 aromatic carbocycles. The molecule has 3 rings (SSSR count). The number of hydrogen-bond acceptors (Lipinski definition) is 4. The molecule has 0 aliphatic rings. The molecule has 0 fully saturated rings. The van der Waals surface area contributed by atoms with E-state index in [1.165, 1.54) is 11.6 Å². The van der Waals surface area contributed by atoms with Gasteiger partial charge in [-0.2, -0.15) is 0 Å². The number of hydrogen-bond donors (Lipinski definition) is 1. The van der Waals surface area contributed by atoms with E-state index in [0.29, 0.717) is 24.4 Å². The van der Waals surface area contributed by atoms with Gasteiger partial charge in [0, 0.05) is 18.5 Å². The highest BCUT2D eigenvalue weighted by Crippen LogP contribution is 2.22. The van der Waals surface area contributed by atoms with Gasteiger partial charge in [0.1, 0.15) is 5.82 Å². The molecular formula is C21H22FN3O2. The van der Waals surface area contributed by atoms with Crippen LogP contribution in [0.5, 0.6) is 0 Å². The Kier molecular flexibility index (Phi) is 5.35. The van der Waals surface area contributed by atoms with Crippen molar-refractivity contribution in [2.45, 2.75) is 32.6 Å². The lowest BCUT2D eigenvalue weighted by Crippen LogP contribution is -2.25. The molecule has 0 radical (unpaired) electrons. The summed E-state index contributed by atoms with van der Waals surface area (Å²) in [6.07, 6.45) is 0.368. The first kappa shape index (κ1) is 18.8. The maximum atomic E-state index is 13.7. The third-order valence-corrected chi connectivity index (χ3v) is 4.21. The fourth-order valence-corrected chi connectivity index (χ4v) is 2.60. The molecule has 1 heterocycles. The van der Waals surface area contributed by atoms with Gasteiger partial charge in [0.25, 0.3) is 11.8 Å². The monoisotopic (exact) mass is 367 g/mol. The highest BCUT2D eigenvalue weighted by Gasteiger charge is 2.15. The van der Waals surface area contributed by atoms with E-state index in [1.807, 2.05) is 24.3 Å². The summed E-state index contributed by atoms with van der Waals surface area (Å²) in [6.45, 7) is 6.73. The van der Waals surface area contributed by atoms with E-state index < -0.39 is 5.82 Å². The Labute approximate surface area is 157 Å². The lowest BCUT2D eigenvalue weighted by atomic mass is 9.87. The van der Waals surface area contributed by atoms with Gasteiger partial charge in [0.05, 0.1) is 5.56 Å². The van der Waals surface area contributed by atoms with Crippen LogP contribution in [0.2, 0.25) is 0 Å². The number of benzene rings is 2. The van der Waals surface area contributed by atoms with Gasteiger partial charge in [-0.25, -0.2) is 4.39 Å². The fourth-order valence-electron chi connectivity index (χ4n) is 2.60. The molecule has 1 aromatic heterocycles. The van der Waals surface area contributed by atoms with Crippen LogP contribution in [0, 0.1) is 5.82 Å². The molecule has 0 saturated heterocycles. The van der Waals surface area contributed by atoms with Crippen molar-refractivity contribution < 1.29 is 13.6 Å². The van der Waals surface area contributed by atoms with E-state index >= 15 is 0 Å². The summed E-state index contributed by atoms with van der Waals surface area (Å²) in [7, 11) is 0. The second kappa shape index (κ2) is 7.70. The van der Waals surface area contributed by atoms with Crippen LogP contribution < -0.4 is 5.32 Å². The van der Waals surface area contributed by atoms with Crippen LogP contribution in [0.25, 0.3) is 11.5 Å². The minimum atomic E-state index is -0.417. The van der Waals surface area contributed by atoms with E-state index in [-0.39, 0.29) is 22.8 Å². The van der Waals surface area contributed by atoms with E-state index in [9.17, 15) is 9.18 Å².